The SMILES string of the molecule is CC(NC(=O)/C=C/c1ccccc1)C(=O)NCc1cccc(OCc2ccccn2)c1. The van der Waals surface area contributed by atoms with Crippen molar-refractivity contribution in [2.24, 2.45) is 0 Å². The molecule has 0 spiro atoms. The Labute approximate surface area is 182 Å². The van der Waals surface area contributed by atoms with Gasteiger partial charge in [-0.2, -0.15) is 0 Å². The van der Waals surface area contributed by atoms with Crippen LogP contribution in [0.25, 0.3) is 6.08 Å². The van der Waals surface area contributed by atoms with E-state index in [-0.39, 0.29) is 11.8 Å². The molecule has 0 bridgehead atoms. The molecule has 2 aromatic carbocycles. The van der Waals surface area contributed by atoms with E-state index >= 15 is 0 Å². The van der Waals surface area contributed by atoms with Crippen LogP contribution in [0.15, 0.2) is 85.1 Å². The molecule has 31 heavy (non-hydrogen) atoms. The van der Waals surface area contributed by atoms with Crippen LogP contribution in [0.2, 0.25) is 0 Å². The van der Waals surface area contributed by atoms with E-state index in [0.29, 0.717) is 18.9 Å². The molecule has 0 aliphatic rings. The zero-order valence-electron chi connectivity index (χ0n) is 17.3. The zero-order chi connectivity index (χ0) is 21.9. The molecule has 0 aliphatic heterocycles. The second kappa shape index (κ2) is 11.3. The highest BCUT2D eigenvalue weighted by Gasteiger charge is 2.14. The van der Waals surface area contributed by atoms with E-state index in [9.17, 15) is 9.59 Å². The van der Waals surface area contributed by atoms with Crippen molar-refractivity contribution in [1.29, 1.82) is 0 Å². The number of ether oxygens (including phenoxy) is 1. The fraction of sp³-hybridized carbons (Fsp3) is 0.160. The molecule has 1 heterocycles. The van der Waals surface area contributed by atoms with Crippen molar-refractivity contribution in [2.45, 2.75) is 26.1 Å². The lowest BCUT2D eigenvalue weighted by Crippen LogP contribution is -2.44. The van der Waals surface area contributed by atoms with Gasteiger partial charge in [-0.05, 0) is 48.4 Å². The molecule has 1 aromatic heterocycles. The minimum absolute atomic E-state index is 0.263. The summed E-state index contributed by atoms with van der Waals surface area (Å²) in [5.41, 5.74) is 2.65. The van der Waals surface area contributed by atoms with Gasteiger partial charge in [0, 0.05) is 18.8 Å². The van der Waals surface area contributed by atoms with Crippen LogP contribution in [0.4, 0.5) is 0 Å². The van der Waals surface area contributed by atoms with Crippen LogP contribution in [0.3, 0.4) is 0 Å². The Bertz CT molecular complexity index is 1020. The van der Waals surface area contributed by atoms with Gasteiger partial charge in [0.25, 0.3) is 0 Å². The number of hydrogen-bond donors (Lipinski definition) is 2. The van der Waals surface area contributed by atoms with Crippen LogP contribution in [0.1, 0.15) is 23.7 Å². The highest BCUT2D eigenvalue weighted by molar-refractivity contribution is 5.95. The van der Waals surface area contributed by atoms with Gasteiger partial charge in [-0.25, -0.2) is 0 Å². The van der Waals surface area contributed by atoms with Crippen LogP contribution in [-0.2, 0) is 22.7 Å². The van der Waals surface area contributed by atoms with Crippen LogP contribution >= 0.6 is 0 Å². The number of benzene rings is 2. The lowest BCUT2D eigenvalue weighted by Gasteiger charge is -2.13. The molecule has 0 fully saturated rings. The van der Waals surface area contributed by atoms with Gasteiger partial charge in [0.2, 0.25) is 11.8 Å². The van der Waals surface area contributed by atoms with Gasteiger partial charge < -0.3 is 15.4 Å². The molecule has 1 unspecified atom stereocenters. The molecular weight excluding hydrogens is 390 g/mol. The second-order valence-corrected chi connectivity index (χ2v) is 6.95. The highest BCUT2D eigenvalue weighted by Crippen LogP contribution is 2.14. The summed E-state index contributed by atoms with van der Waals surface area (Å²) in [6, 6.07) is 22.0. The number of rotatable bonds is 9. The largest absolute Gasteiger partial charge is 0.487 e. The van der Waals surface area contributed by atoms with E-state index in [0.717, 1.165) is 16.8 Å². The monoisotopic (exact) mass is 415 g/mol. The molecule has 3 aromatic rings. The molecule has 0 radical (unpaired) electrons. The zero-order valence-corrected chi connectivity index (χ0v) is 17.3. The van der Waals surface area contributed by atoms with Crippen molar-refractivity contribution in [3.8, 4) is 5.75 Å². The number of nitrogens with zero attached hydrogens (tertiary/aromatic N) is 1. The minimum Gasteiger partial charge on any atom is -0.487 e. The van der Waals surface area contributed by atoms with E-state index < -0.39 is 6.04 Å². The Kier molecular flexibility index (Phi) is 7.94. The summed E-state index contributed by atoms with van der Waals surface area (Å²) >= 11 is 0. The number of amides is 2. The summed E-state index contributed by atoms with van der Waals surface area (Å²) in [6.45, 7) is 2.35. The number of pyridine rings is 1. The second-order valence-electron chi connectivity index (χ2n) is 6.95. The fourth-order valence-corrected chi connectivity index (χ4v) is 2.79. The first-order valence-corrected chi connectivity index (χ1v) is 10.0. The summed E-state index contributed by atoms with van der Waals surface area (Å²) in [7, 11) is 0. The van der Waals surface area contributed by atoms with E-state index in [1.165, 1.54) is 6.08 Å². The summed E-state index contributed by atoms with van der Waals surface area (Å²) in [5.74, 6) is 0.113. The quantitative estimate of drug-likeness (QED) is 0.524. The van der Waals surface area contributed by atoms with Gasteiger partial charge in [-0.1, -0.05) is 48.5 Å². The van der Waals surface area contributed by atoms with Gasteiger partial charge in [-0.15, -0.1) is 0 Å². The Morgan fingerprint density at radius 1 is 1.03 bits per heavy atom. The fourth-order valence-electron chi connectivity index (χ4n) is 2.79. The Morgan fingerprint density at radius 3 is 2.61 bits per heavy atom. The summed E-state index contributed by atoms with van der Waals surface area (Å²) < 4.78 is 5.76. The van der Waals surface area contributed by atoms with Gasteiger partial charge in [0.15, 0.2) is 0 Å². The predicted molar refractivity (Wildman–Crippen MR) is 120 cm³/mol. The number of carbonyl (C=O) groups excluding carboxylic acids is 2. The van der Waals surface area contributed by atoms with Crippen molar-refractivity contribution in [1.82, 2.24) is 15.6 Å². The van der Waals surface area contributed by atoms with Crippen molar-refractivity contribution in [3.05, 3.63) is 102 Å². The van der Waals surface area contributed by atoms with Gasteiger partial charge in [0.05, 0.1) is 5.69 Å². The molecule has 0 saturated heterocycles. The van der Waals surface area contributed by atoms with Gasteiger partial charge >= 0.3 is 0 Å². The maximum absolute atomic E-state index is 12.3. The van der Waals surface area contributed by atoms with E-state index in [2.05, 4.69) is 15.6 Å². The van der Waals surface area contributed by atoms with Gasteiger partial charge in [-0.3, -0.25) is 14.6 Å². The number of nitrogens with one attached hydrogen (secondary N) is 2. The number of carbonyl (C=O) groups is 2. The number of hydrogen-bond acceptors (Lipinski definition) is 4. The van der Waals surface area contributed by atoms with Crippen molar-refractivity contribution in [3.63, 3.8) is 0 Å². The Hall–Kier alpha value is -3.93. The molecule has 158 valence electrons. The molecular formula is C25H25N3O3. The van der Waals surface area contributed by atoms with Crippen molar-refractivity contribution < 1.29 is 14.3 Å². The van der Waals surface area contributed by atoms with Crippen LogP contribution < -0.4 is 15.4 Å². The standard InChI is InChI=1S/C25H25N3O3/c1-19(28-24(29)14-13-20-8-3-2-4-9-20)25(30)27-17-21-10-7-12-23(16-21)31-18-22-11-5-6-15-26-22/h2-16,19H,17-18H2,1H3,(H,27,30)(H,28,29)/b14-13+. The third kappa shape index (κ3) is 7.44. The molecule has 6 nitrogen and oxygen atoms in total. The van der Waals surface area contributed by atoms with Crippen molar-refractivity contribution >= 4 is 17.9 Å². The smallest absolute Gasteiger partial charge is 0.244 e. The molecule has 2 amide bonds. The molecule has 1 atom stereocenters. The third-order valence-corrected chi connectivity index (χ3v) is 4.46. The molecule has 3 rings (SSSR count). The molecule has 0 aliphatic carbocycles. The first-order valence-electron chi connectivity index (χ1n) is 10.0. The van der Waals surface area contributed by atoms with Crippen molar-refractivity contribution in [2.75, 3.05) is 0 Å². The predicted octanol–water partition coefficient (Wildman–Crippen LogP) is 3.49. The van der Waals surface area contributed by atoms with Crippen LogP contribution in [-0.4, -0.2) is 22.8 Å². The number of aromatic nitrogens is 1. The molecule has 2 N–H and O–H groups in total. The Morgan fingerprint density at radius 2 is 1.84 bits per heavy atom. The van der Waals surface area contributed by atoms with Crippen LogP contribution in [0.5, 0.6) is 5.75 Å². The lowest BCUT2D eigenvalue weighted by atomic mass is 10.2. The average molecular weight is 415 g/mol. The summed E-state index contributed by atoms with van der Waals surface area (Å²) in [6.07, 6.45) is 4.85. The Balaban J connectivity index is 1.45. The first kappa shape index (κ1) is 21.8. The third-order valence-electron chi connectivity index (χ3n) is 4.46. The van der Waals surface area contributed by atoms with Crippen LogP contribution in [0, 0.1) is 0 Å². The molecule has 0 saturated carbocycles. The maximum Gasteiger partial charge on any atom is 0.244 e. The topological polar surface area (TPSA) is 80.3 Å². The lowest BCUT2D eigenvalue weighted by molar-refractivity contribution is -0.126. The highest BCUT2D eigenvalue weighted by atomic mass is 16.5. The van der Waals surface area contributed by atoms with E-state index in [4.69, 9.17) is 4.74 Å². The maximum atomic E-state index is 12.3. The minimum atomic E-state index is -0.656. The summed E-state index contributed by atoms with van der Waals surface area (Å²) in [5, 5.41) is 5.50. The van der Waals surface area contributed by atoms with Gasteiger partial charge in [0.1, 0.15) is 18.4 Å². The van der Waals surface area contributed by atoms with E-state index in [1.54, 1.807) is 19.2 Å². The molecule has 6 heteroatoms. The van der Waals surface area contributed by atoms with E-state index in [1.807, 2.05) is 72.8 Å². The average Bonchev–Trinajstić information content (AvgIpc) is 2.81. The summed E-state index contributed by atoms with van der Waals surface area (Å²) in [4.78, 5) is 28.6. The normalized spacial score (nSPS) is 11.6. The first-order chi connectivity index (χ1) is 15.1.